The molecule has 3 heteroatoms. The fraction of sp³-hybridized carbons (Fsp3) is 0.875. The second kappa shape index (κ2) is 7.54. The van der Waals surface area contributed by atoms with Crippen molar-refractivity contribution in [2.75, 3.05) is 13.2 Å². The van der Waals surface area contributed by atoms with Gasteiger partial charge in [-0.15, -0.1) is 0 Å². The van der Waals surface area contributed by atoms with Crippen LogP contribution in [0.5, 0.6) is 0 Å². The van der Waals surface area contributed by atoms with Gasteiger partial charge in [0, 0.05) is 6.61 Å². The molecule has 11 heavy (non-hydrogen) atoms. The summed E-state index contributed by atoms with van der Waals surface area (Å²) < 4.78 is 9.80. The van der Waals surface area contributed by atoms with Crippen molar-refractivity contribution in [1.29, 1.82) is 0 Å². The van der Waals surface area contributed by atoms with Crippen LogP contribution in [-0.4, -0.2) is 25.8 Å². The van der Waals surface area contributed by atoms with E-state index in [1.165, 1.54) is 0 Å². The summed E-state index contributed by atoms with van der Waals surface area (Å²) >= 11 is 0. The fourth-order valence-corrected chi connectivity index (χ4v) is 0.870. The smallest absolute Gasteiger partial charge is 0.293 e. The van der Waals surface area contributed by atoms with E-state index in [0.29, 0.717) is 13.1 Å². The minimum absolute atomic E-state index is 0.273. The van der Waals surface area contributed by atoms with Crippen LogP contribution in [0.4, 0.5) is 0 Å². The third-order valence-electron chi connectivity index (χ3n) is 1.39. The first-order valence-electron chi connectivity index (χ1n) is 3.98. The van der Waals surface area contributed by atoms with Gasteiger partial charge in [-0.3, -0.25) is 4.79 Å². The molecular formula is C8H16O3. The van der Waals surface area contributed by atoms with Gasteiger partial charge in [0.25, 0.3) is 6.47 Å². The van der Waals surface area contributed by atoms with Gasteiger partial charge < -0.3 is 9.47 Å². The molecule has 1 unspecified atom stereocenters. The summed E-state index contributed by atoms with van der Waals surface area (Å²) in [5.41, 5.74) is 0. The fourth-order valence-electron chi connectivity index (χ4n) is 0.870. The predicted octanol–water partition coefficient (Wildman–Crippen LogP) is 1.36. The minimum atomic E-state index is 0.273. The molecule has 0 N–H and O–H groups in total. The number of carbonyl (C=O) groups is 1. The molecule has 0 aliphatic carbocycles. The van der Waals surface area contributed by atoms with Crippen molar-refractivity contribution in [2.24, 2.45) is 0 Å². The molecule has 0 radical (unpaired) electrons. The van der Waals surface area contributed by atoms with Crippen molar-refractivity contribution >= 4 is 6.47 Å². The lowest BCUT2D eigenvalue weighted by atomic mass is 10.2. The highest BCUT2D eigenvalue weighted by Gasteiger charge is 1.99. The predicted molar refractivity (Wildman–Crippen MR) is 42.3 cm³/mol. The maximum absolute atomic E-state index is 9.72. The van der Waals surface area contributed by atoms with Gasteiger partial charge in [-0.2, -0.15) is 0 Å². The molecule has 0 rings (SSSR count). The molecule has 0 aromatic rings. The standard InChI is InChI=1S/C8H16O3/c1-3-11-8(2)5-4-6-10-7-9/h7-8H,3-6H2,1-2H3. The van der Waals surface area contributed by atoms with Crippen LogP contribution in [-0.2, 0) is 14.3 Å². The van der Waals surface area contributed by atoms with Crippen LogP contribution in [0.3, 0.4) is 0 Å². The average molecular weight is 160 g/mol. The normalized spacial score (nSPS) is 12.5. The summed E-state index contributed by atoms with van der Waals surface area (Å²) in [5, 5.41) is 0. The summed E-state index contributed by atoms with van der Waals surface area (Å²) in [4.78, 5) is 9.72. The largest absolute Gasteiger partial charge is 0.468 e. The van der Waals surface area contributed by atoms with Crippen molar-refractivity contribution in [3.63, 3.8) is 0 Å². The molecule has 0 aromatic heterocycles. The first-order valence-corrected chi connectivity index (χ1v) is 3.98. The summed E-state index contributed by atoms with van der Waals surface area (Å²) in [7, 11) is 0. The van der Waals surface area contributed by atoms with Crippen LogP contribution in [0.2, 0.25) is 0 Å². The third kappa shape index (κ3) is 7.33. The molecule has 0 fully saturated rings. The first kappa shape index (κ1) is 10.4. The molecule has 0 aliphatic heterocycles. The number of hydrogen-bond donors (Lipinski definition) is 0. The van der Waals surface area contributed by atoms with E-state index in [1.807, 2.05) is 13.8 Å². The van der Waals surface area contributed by atoms with Gasteiger partial charge in [0.1, 0.15) is 0 Å². The van der Waals surface area contributed by atoms with Gasteiger partial charge >= 0.3 is 0 Å². The van der Waals surface area contributed by atoms with Crippen LogP contribution in [0.15, 0.2) is 0 Å². The Labute approximate surface area is 67.7 Å². The van der Waals surface area contributed by atoms with E-state index in [2.05, 4.69) is 4.74 Å². The Bertz CT molecular complexity index is 93.3. The number of rotatable bonds is 7. The van der Waals surface area contributed by atoms with Crippen molar-refractivity contribution in [3.05, 3.63) is 0 Å². The number of carbonyl (C=O) groups excluding carboxylic acids is 1. The van der Waals surface area contributed by atoms with Gasteiger partial charge in [-0.05, 0) is 26.7 Å². The van der Waals surface area contributed by atoms with Crippen molar-refractivity contribution in [2.45, 2.75) is 32.8 Å². The number of ether oxygens (including phenoxy) is 2. The molecule has 0 bridgehead atoms. The van der Waals surface area contributed by atoms with Crippen LogP contribution in [0.25, 0.3) is 0 Å². The highest BCUT2D eigenvalue weighted by molar-refractivity contribution is 5.36. The molecular weight excluding hydrogens is 144 g/mol. The molecule has 0 aromatic carbocycles. The third-order valence-corrected chi connectivity index (χ3v) is 1.39. The van der Waals surface area contributed by atoms with E-state index in [1.54, 1.807) is 0 Å². The van der Waals surface area contributed by atoms with Gasteiger partial charge in [-0.1, -0.05) is 0 Å². The quantitative estimate of drug-likeness (QED) is 0.416. The Morgan fingerprint density at radius 2 is 2.27 bits per heavy atom. The van der Waals surface area contributed by atoms with Gasteiger partial charge in [0.15, 0.2) is 0 Å². The van der Waals surface area contributed by atoms with Crippen LogP contribution >= 0.6 is 0 Å². The second-order valence-corrected chi connectivity index (χ2v) is 2.38. The second-order valence-electron chi connectivity index (χ2n) is 2.38. The molecule has 0 spiro atoms. The molecule has 0 heterocycles. The van der Waals surface area contributed by atoms with E-state index in [0.717, 1.165) is 19.4 Å². The summed E-state index contributed by atoms with van der Waals surface area (Å²) in [6.45, 7) is 5.71. The molecule has 1 atom stereocenters. The monoisotopic (exact) mass is 160 g/mol. The Kier molecular flexibility index (Phi) is 7.15. The van der Waals surface area contributed by atoms with Crippen molar-refractivity contribution in [1.82, 2.24) is 0 Å². The topological polar surface area (TPSA) is 35.5 Å². The summed E-state index contributed by atoms with van der Waals surface area (Å²) in [6.07, 6.45) is 2.09. The van der Waals surface area contributed by atoms with E-state index in [4.69, 9.17) is 4.74 Å². The SMILES string of the molecule is CCOC(C)CCCOC=O. The Morgan fingerprint density at radius 1 is 1.55 bits per heavy atom. The summed E-state index contributed by atoms with van der Waals surface area (Å²) in [5.74, 6) is 0. The van der Waals surface area contributed by atoms with Crippen LogP contribution in [0.1, 0.15) is 26.7 Å². The number of hydrogen-bond acceptors (Lipinski definition) is 3. The molecule has 3 nitrogen and oxygen atoms in total. The highest BCUT2D eigenvalue weighted by Crippen LogP contribution is 2.00. The zero-order chi connectivity index (χ0) is 8.53. The Hall–Kier alpha value is -0.570. The van der Waals surface area contributed by atoms with E-state index < -0.39 is 0 Å². The van der Waals surface area contributed by atoms with Crippen LogP contribution in [0, 0.1) is 0 Å². The lowest BCUT2D eigenvalue weighted by molar-refractivity contribution is -0.128. The maximum atomic E-state index is 9.72. The average Bonchev–Trinajstić information content (AvgIpc) is 1.99. The molecule has 0 amide bonds. The minimum Gasteiger partial charge on any atom is -0.468 e. The Balaban J connectivity index is 3.03. The highest BCUT2D eigenvalue weighted by atomic mass is 16.5. The molecule has 0 saturated heterocycles. The van der Waals surface area contributed by atoms with E-state index >= 15 is 0 Å². The summed E-state index contributed by atoms with van der Waals surface area (Å²) in [6, 6.07) is 0. The lowest BCUT2D eigenvalue weighted by Crippen LogP contribution is -2.08. The van der Waals surface area contributed by atoms with Crippen LogP contribution < -0.4 is 0 Å². The lowest BCUT2D eigenvalue weighted by Gasteiger charge is -2.09. The first-order chi connectivity index (χ1) is 5.31. The van der Waals surface area contributed by atoms with Crippen molar-refractivity contribution in [3.8, 4) is 0 Å². The zero-order valence-electron chi connectivity index (χ0n) is 7.21. The zero-order valence-corrected chi connectivity index (χ0v) is 7.21. The Morgan fingerprint density at radius 3 is 2.82 bits per heavy atom. The van der Waals surface area contributed by atoms with Gasteiger partial charge in [0.05, 0.1) is 12.7 Å². The van der Waals surface area contributed by atoms with Gasteiger partial charge in [0.2, 0.25) is 0 Å². The van der Waals surface area contributed by atoms with E-state index in [9.17, 15) is 4.79 Å². The maximum Gasteiger partial charge on any atom is 0.293 e. The van der Waals surface area contributed by atoms with Gasteiger partial charge in [-0.25, -0.2) is 0 Å². The van der Waals surface area contributed by atoms with Crippen molar-refractivity contribution < 1.29 is 14.3 Å². The molecule has 0 saturated carbocycles. The molecule has 0 aliphatic rings. The molecule has 66 valence electrons. The van der Waals surface area contributed by atoms with E-state index in [-0.39, 0.29) is 6.10 Å².